The van der Waals surface area contributed by atoms with E-state index in [0.717, 1.165) is 46.5 Å². The molecule has 2 heterocycles. The fourth-order valence-corrected chi connectivity index (χ4v) is 4.23. The molecule has 2 atom stereocenters. The number of carbonyl (C=O) groups excluding carboxylic acids is 1. The highest BCUT2D eigenvalue weighted by Gasteiger charge is 2.28. The lowest BCUT2D eigenvalue weighted by Crippen LogP contribution is -3.11. The van der Waals surface area contributed by atoms with Crippen molar-refractivity contribution < 1.29 is 24.3 Å². The Morgan fingerprint density at radius 1 is 1.19 bits per heavy atom. The number of benzene rings is 2. The van der Waals surface area contributed by atoms with Gasteiger partial charge >= 0.3 is 5.97 Å². The average Bonchev–Trinajstić information content (AvgIpc) is 3.18. The van der Waals surface area contributed by atoms with Gasteiger partial charge in [0.25, 0.3) is 0 Å². The zero-order valence-corrected chi connectivity index (χ0v) is 17.6. The Morgan fingerprint density at radius 2 is 2.03 bits per heavy atom. The zero-order chi connectivity index (χ0) is 21.8. The van der Waals surface area contributed by atoms with Crippen LogP contribution in [0.25, 0.3) is 10.9 Å². The SMILES string of the molecule is COCC[NH+](CCC(=O)O)Cc1ccc2[nH]c(C3Cc4ccccc4NC3=O)cc2c1. The standard InChI is InChI=1S/C24H27N3O4/c1-31-11-10-27(9-8-23(28)29)15-16-6-7-21-18(12-16)14-22(25-21)19-13-17-4-2-3-5-20(17)26-24(19)30/h2-7,12,14,19,25H,8-11,13,15H2,1H3,(H,26,30)(H,28,29)/p+1. The molecule has 7 nitrogen and oxygen atoms in total. The number of aliphatic carboxylic acids is 1. The molecule has 3 aromatic rings. The minimum absolute atomic E-state index is 0.00864. The van der Waals surface area contributed by atoms with Crippen molar-refractivity contribution in [3.05, 3.63) is 65.4 Å². The Bertz CT molecular complexity index is 1090. The summed E-state index contributed by atoms with van der Waals surface area (Å²) in [7, 11) is 1.65. The molecule has 0 bridgehead atoms. The number of methoxy groups -OCH3 is 1. The highest BCUT2D eigenvalue weighted by atomic mass is 16.5. The molecule has 7 heteroatoms. The van der Waals surface area contributed by atoms with Crippen molar-refractivity contribution in [2.24, 2.45) is 0 Å². The van der Waals surface area contributed by atoms with Gasteiger partial charge in [0.05, 0.1) is 25.5 Å². The average molecular weight is 423 g/mol. The summed E-state index contributed by atoms with van der Waals surface area (Å²) in [4.78, 5) is 28.2. The van der Waals surface area contributed by atoms with Gasteiger partial charge in [-0.3, -0.25) is 9.59 Å². The van der Waals surface area contributed by atoms with Gasteiger partial charge in [-0.1, -0.05) is 24.3 Å². The maximum atomic E-state index is 12.7. The Kier molecular flexibility index (Phi) is 6.34. The minimum atomic E-state index is -0.784. The van der Waals surface area contributed by atoms with E-state index in [0.29, 0.717) is 19.6 Å². The number of carboxylic acids is 1. The molecule has 4 N–H and O–H groups in total. The van der Waals surface area contributed by atoms with Crippen LogP contribution in [0.15, 0.2) is 48.5 Å². The first-order chi connectivity index (χ1) is 15.0. The quantitative estimate of drug-likeness (QED) is 0.424. The first-order valence-corrected chi connectivity index (χ1v) is 10.6. The molecule has 1 aromatic heterocycles. The number of anilines is 1. The molecule has 2 unspecified atom stereocenters. The number of fused-ring (bicyclic) bond motifs is 2. The van der Waals surface area contributed by atoms with Gasteiger partial charge in [-0.2, -0.15) is 0 Å². The summed E-state index contributed by atoms with van der Waals surface area (Å²) < 4.78 is 5.18. The van der Waals surface area contributed by atoms with Crippen molar-refractivity contribution in [2.45, 2.75) is 25.3 Å². The second-order valence-corrected chi connectivity index (χ2v) is 8.11. The Labute approximate surface area is 181 Å². The van der Waals surface area contributed by atoms with Crippen LogP contribution in [0, 0.1) is 0 Å². The van der Waals surface area contributed by atoms with Gasteiger partial charge in [0.2, 0.25) is 5.91 Å². The van der Waals surface area contributed by atoms with Crippen LogP contribution < -0.4 is 10.2 Å². The summed E-state index contributed by atoms with van der Waals surface area (Å²) in [6.07, 6.45) is 0.805. The van der Waals surface area contributed by atoms with Crippen LogP contribution in [0.3, 0.4) is 0 Å². The number of ether oxygens (including phenoxy) is 1. The molecule has 1 aliphatic heterocycles. The van der Waals surface area contributed by atoms with E-state index in [1.54, 1.807) is 7.11 Å². The lowest BCUT2D eigenvalue weighted by atomic mass is 9.91. The van der Waals surface area contributed by atoms with E-state index in [1.807, 2.05) is 24.3 Å². The number of aromatic amines is 1. The number of amides is 1. The van der Waals surface area contributed by atoms with Gasteiger partial charge < -0.3 is 25.0 Å². The fraction of sp³-hybridized carbons (Fsp3) is 0.333. The van der Waals surface area contributed by atoms with Crippen molar-refractivity contribution in [3.63, 3.8) is 0 Å². The van der Waals surface area contributed by atoms with E-state index in [9.17, 15) is 9.59 Å². The highest BCUT2D eigenvalue weighted by Crippen LogP contribution is 2.32. The number of hydrogen-bond donors (Lipinski definition) is 4. The Morgan fingerprint density at radius 3 is 2.84 bits per heavy atom. The largest absolute Gasteiger partial charge is 0.481 e. The molecular formula is C24H28N3O4+. The molecule has 0 aliphatic carbocycles. The topological polar surface area (TPSA) is 95.9 Å². The highest BCUT2D eigenvalue weighted by molar-refractivity contribution is 5.99. The first kappa shape index (κ1) is 21.1. The van der Waals surface area contributed by atoms with Crippen molar-refractivity contribution in [1.29, 1.82) is 0 Å². The molecule has 1 amide bonds. The molecule has 0 saturated heterocycles. The maximum absolute atomic E-state index is 12.7. The van der Waals surface area contributed by atoms with Crippen LogP contribution in [0.1, 0.15) is 29.2 Å². The number of quaternary nitrogens is 1. The monoisotopic (exact) mass is 422 g/mol. The third kappa shape index (κ3) is 4.95. The summed E-state index contributed by atoms with van der Waals surface area (Å²) in [5, 5.41) is 13.1. The van der Waals surface area contributed by atoms with Gasteiger partial charge in [0.15, 0.2) is 0 Å². The number of para-hydroxylation sites is 1. The molecule has 0 fully saturated rings. The van der Waals surface area contributed by atoms with Gasteiger partial charge in [-0.15, -0.1) is 0 Å². The number of H-pyrrole nitrogens is 1. The number of rotatable bonds is 9. The van der Waals surface area contributed by atoms with Crippen molar-refractivity contribution >= 4 is 28.5 Å². The summed E-state index contributed by atoms with van der Waals surface area (Å²) in [5.41, 5.74) is 5.07. The van der Waals surface area contributed by atoms with Crippen LogP contribution >= 0.6 is 0 Å². The van der Waals surface area contributed by atoms with Crippen LogP contribution in [-0.2, 0) is 27.3 Å². The molecule has 0 saturated carbocycles. The predicted molar refractivity (Wildman–Crippen MR) is 118 cm³/mol. The van der Waals surface area contributed by atoms with Crippen LogP contribution in [0.4, 0.5) is 5.69 Å². The van der Waals surface area contributed by atoms with Gasteiger partial charge in [-0.25, -0.2) is 0 Å². The predicted octanol–water partition coefficient (Wildman–Crippen LogP) is 1.95. The van der Waals surface area contributed by atoms with Gasteiger partial charge in [0, 0.05) is 35.0 Å². The van der Waals surface area contributed by atoms with Crippen molar-refractivity contribution in [2.75, 3.05) is 32.1 Å². The van der Waals surface area contributed by atoms with Gasteiger partial charge in [0.1, 0.15) is 13.1 Å². The van der Waals surface area contributed by atoms with E-state index < -0.39 is 5.97 Å². The number of hydrogen-bond acceptors (Lipinski definition) is 3. The number of carbonyl (C=O) groups is 2. The van der Waals surface area contributed by atoms with Crippen LogP contribution in [-0.4, -0.2) is 48.8 Å². The number of nitrogens with one attached hydrogen (secondary N) is 3. The van der Waals surface area contributed by atoms with Crippen LogP contribution in [0.5, 0.6) is 0 Å². The molecule has 31 heavy (non-hydrogen) atoms. The molecule has 2 aromatic carbocycles. The van der Waals surface area contributed by atoms with E-state index in [1.165, 1.54) is 4.90 Å². The summed E-state index contributed by atoms with van der Waals surface area (Å²) in [5.74, 6) is -1.02. The first-order valence-electron chi connectivity index (χ1n) is 10.6. The molecule has 4 rings (SSSR count). The molecule has 1 aliphatic rings. The van der Waals surface area contributed by atoms with Crippen LogP contribution in [0.2, 0.25) is 0 Å². The smallest absolute Gasteiger partial charge is 0.309 e. The van der Waals surface area contributed by atoms with Crippen molar-refractivity contribution in [3.8, 4) is 0 Å². The molecule has 0 radical (unpaired) electrons. The van der Waals surface area contributed by atoms with E-state index in [-0.39, 0.29) is 18.2 Å². The summed E-state index contributed by atoms with van der Waals surface area (Å²) in [6.45, 7) is 2.62. The normalized spacial score (nSPS) is 16.7. The zero-order valence-electron chi connectivity index (χ0n) is 17.6. The van der Waals surface area contributed by atoms with Crippen molar-refractivity contribution in [1.82, 2.24) is 4.98 Å². The number of carboxylic acid groups (broad SMARTS) is 1. The molecular weight excluding hydrogens is 394 g/mol. The minimum Gasteiger partial charge on any atom is -0.481 e. The maximum Gasteiger partial charge on any atom is 0.309 e. The summed E-state index contributed by atoms with van der Waals surface area (Å²) in [6, 6.07) is 16.2. The Hall–Kier alpha value is -3.16. The fourth-order valence-electron chi connectivity index (χ4n) is 4.23. The third-order valence-electron chi connectivity index (χ3n) is 5.90. The lowest BCUT2D eigenvalue weighted by molar-refractivity contribution is -0.913. The second-order valence-electron chi connectivity index (χ2n) is 8.11. The van der Waals surface area contributed by atoms with E-state index >= 15 is 0 Å². The second kappa shape index (κ2) is 9.32. The Balaban J connectivity index is 1.52. The van der Waals surface area contributed by atoms with E-state index in [4.69, 9.17) is 9.84 Å². The van der Waals surface area contributed by atoms with Gasteiger partial charge in [-0.05, 0) is 36.2 Å². The third-order valence-corrected chi connectivity index (χ3v) is 5.90. The van der Waals surface area contributed by atoms with E-state index in [2.05, 4.69) is 34.6 Å². The lowest BCUT2D eigenvalue weighted by Gasteiger charge is -2.23. The summed E-state index contributed by atoms with van der Waals surface area (Å²) >= 11 is 0. The molecule has 0 spiro atoms. The molecule has 162 valence electrons. The number of aromatic nitrogens is 1.